The summed E-state index contributed by atoms with van der Waals surface area (Å²) in [6.07, 6.45) is 3.54. The van der Waals surface area contributed by atoms with Crippen LogP contribution in [0.1, 0.15) is 36.7 Å². The predicted octanol–water partition coefficient (Wildman–Crippen LogP) is 3.03. The van der Waals surface area contributed by atoms with E-state index in [1.54, 1.807) is 30.7 Å². The largest absolute Gasteiger partial charge is 0.461 e. The Labute approximate surface area is 177 Å². The number of amides is 2. The number of aromatic nitrogens is 1. The number of nitrogens with zero attached hydrogens (tertiary/aromatic N) is 1. The number of ether oxygens (including phenoxy) is 1. The SMILES string of the molecule is CCOC(=O)C(=CCC[C@H]1CCNC1=O)NC(=O)c1cc2cc(Br)ccc2n1C. The number of carbonyl (C=O) groups is 3. The van der Waals surface area contributed by atoms with E-state index in [1.165, 1.54) is 0 Å². The van der Waals surface area contributed by atoms with Gasteiger partial charge in [-0.15, -0.1) is 0 Å². The first-order valence-corrected chi connectivity index (χ1v) is 10.4. The van der Waals surface area contributed by atoms with Gasteiger partial charge in [0, 0.05) is 34.9 Å². The average molecular weight is 462 g/mol. The van der Waals surface area contributed by atoms with Crippen LogP contribution in [0.15, 0.2) is 40.5 Å². The maximum absolute atomic E-state index is 12.9. The van der Waals surface area contributed by atoms with E-state index in [9.17, 15) is 14.4 Å². The van der Waals surface area contributed by atoms with Crippen LogP contribution >= 0.6 is 15.9 Å². The summed E-state index contributed by atoms with van der Waals surface area (Å²) >= 11 is 3.43. The summed E-state index contributed by atoms with van der Waals surface area (Å²) in [7, 11) is 1.80. The zero-order valence-corrected chi connectivity index (χ0v) is 18.0. The zero-order chi connectivity index (χ0) is 21.0. The Morgan fingerprint density at radius 1 is 1.38 bits per heavy atom. The molecule has 1 aromatic carbocycles. The number of halogens is 1. The molecule has 2 amide bonds. The minimum absolute atomic E-state index is 0.0433. The molecule has 8 heteroatoms. The Morgan fingerprint density at radius 2 is 2.17 bits per heavy atom. The van der Waals surface area contributed by atoms with Crippen LogP contribution in [0.2, 0.25) is 0 Å². The lowest BCUT2D eigenvalue weighted by atomic mass is 10.0. The number of carbonyl (C=O) groups excluding carboxylic acids is 3. The molecule has 0 spiro atoms. The van der Waals surface area contributed by atoms with Crippen LogP contribution < -0.4 is 10.6 Å². The number of nitrogens with one attached hydrogen (secondary N) is 2. The number of esters is 1. The van der Waals surface area contributed by atoms with Crippen LogP contribution in [0.4, 0.5) is 0 Å². The van der Waals surface area contributed by atoms with Gasteiger partial charge in [-0.3, -0.25) is 9.59 Å². The second-order valence-electron chi connectivity index (χ2n) is 6.94. The summed E-state index contributed by atoms with van der Waals surface area (Å²) < 4.78 is 7.78. The summed E-state index contributed by atoms with van der Waals surface area (Å²) in [6, 6.07) is 7.54. The smallest absolute Gasteiger partial charge is 0.354 e. The molecule has 1 saturated heterocycles. The fourth-order valence-corrected chi connectivity index (χ4v) is 3.85. The molecule has 0 unspecified atom stereocenters. The van der Waals surface area contributed by atoms with Crippen LogP contribution in [0.3, 0.4) is 0 Å². The van der Waals surface area contributed by atoms with Crippen molar-refractivity contribution in [1.82, 2.24) is 15.2 Å². The van der Waals surface area contributed by atoms with Crippen molar-refractivity contribution in [2.75, 3.05) is 13.2 Å². The van der Waals surface area contributed by atoms with Crippen molar-refractivity contribution in [2.24, 2.45) is 13.0 Å². The molecule has 1 fully saturated rings. The molecule has 1 aliphatic rings. The van der Waals surface area contributed by atoms with Gasteiger partial charge < -0.3 is 19.9 Å². The molecule has 2 aromatic rings. The molecule has 154 valence electrons. The lowest BCUT2D eigenvalue weighted by Gasteiger charge is -2.11. The van der Waals surface area contributed by atoms with Crippen molar-refractivity contribution in [1.29, 1.82) is 0 Å². The summed E-state index contributed by atoms with van der Waals surface area (Å²) in [5, 5.41) is 6.40. The molecule has 2 heterocycles. The Balaban J connectivity index is 1.77. The first-order chi connectivity index (χ1) is 13.9. The van der Waals surface area contributed by atoms with Crippen LogP contribution in [-0.2, 0) is 21.4 Å². The molecule has 29 heavy (non-hydrogen) atoms. The normalized spacial score (nSPS) is 16.7. The molecule has 1 aliphatic heterocycles. The standard InChI is InChI=1S/C21H24BrN3O4/c1-3-29-21(28)16(6-4-5-13-9-10-23-19(13)26)24-20(27)18-12-14-11-15(22)7-8-17(14)25(18)2/h6-8,11-13H,3-5,9-10H2,1-2H3,(H,23,26)(H,24,27)/t13-/m0/s1. The fraction of sp³-hybridized carbons (Fsp3) is 0.381. The van der Waals surface area contributed by atoms with Crippen LogP contribution in [-0.4, -0.2) is 35.5 Å². The lowest BCUT2D eigenvalue weighted by molar-refractivity contribution is -0.138. The molecule has 2 N–H and O–H groups in total. The maximum atomic E-state index is 12.9. The molecule has 0 radical (unpaired) electrons. The summed E-state index contributed by atoms with van der Waals surface area (Å²) in [6.45, 7) is 2.60. The average Bonchev–Trinajstić information content (AvgIpc) is 3.24. The van der Waals surface area contributed by atoms with Crippen LogP contribution in [0, 0.1) is 5.92 Å². The number of fused-ring (bicyclic) bond motifs is 1. The highest BCUT2D eigenvalue weighted by atomic mass is 79.9. The number of hydrogen-bond donors (Lipinski definition) is 2. The van der Waals surface area contributed by atoms with Crippen molar-refractivity contribution < 1.29 is 19.1 Å². The van der Waals surface area contributed by atoms with E-state index in [1.807, 2.05) is 18.2 Å². The molecule has 7 nitrogen and oxygen atoms in total. The Hall–Kier alpha value is -2.61. The van der Waals surface area contributed by atoms with Crippen molar-refractivity contribution in [3.05, 3.63) is 46.2 Å². The lowest BCUT2D eigenvalue weighted by Crippen LogP contribution is -2.30. The minimum Gasteiger partial charge on any atom is -0.461 e. The van der Waals surface area contributed by atoms with Crippen molar-refractivity contribution in [2.45, 2.75) is 26.2 Å². The first-order valence-electron chi connectivity index (χ1n) is 9.62. The molecule has 3 rings (SSSR count). The van der Waals surface area contributed by atoms with E-state index in [0.717, 1.165) is 21.8 Å². The minimum atomic E-state index is -0.585. The number of aryl methyl sites for hydroxylation is 1. The molecule has 0 saturated carbocycles. The van der Waals surface area contributed by atoms with Gasteiger partial charge in [-0.1, -0.05) is 22.0 Å². The van der Waals surface area contributed by atoms with Gasteiger partial charge in [0.15, 0.2) is 0 Å². The van der Waals surface area contributed by atoms with Gasteiger partial charge in [0.25, 0.3) is 5.91 Å². The summed E-state index contributed by atoms with van der Waals surface area (Å²) in [5.41, 5.74) is 1.44. The van der Waals surface area contributed by atoms with E-state index < -0.39 is 11.9 Å². The maximum Gasteiger partial charge on any atom is 0.354 e. The predicted molar refractivity (Wildman–Crippen MR) is 113 cm³/mol. The Morgan fingerprint density at radius 3 is 2.86 bits per heavy atom. The molecule has 1 aromatic heterocycles. The van der Waals surface area contributed by atoms with Gasteiger partial charge in [-0.05, 0) is 50.5 Å². The fourth-order valence-electron chi connectivity index (χ4n) is 3.47. The highest BCUT2D eigenvalue weighted by molar-refractivity contribution is 9.10. The molecule has 1 atom stereocenters. The highest BCUT2D eigenvalue weighted by Crippen LogP contribution is 2.23. The molecule has 0 bridgehead atoms. The number of allylic oxidation sites excluding steroid dienone is 1. The van der Waals surface area contributed by atoms with E-state index in [-0.39, 0.29) is 24.1 Å². The van der Waals surface area contributed by atoms with E-state index >= 15 is 0 Å². The summed E-state index contributed by atoms with van der Waals surface area (Å²) in [5.74, 6) is -0.986. The molecular weight excluding hydrogens is 438 g/mol. The van der Waals surface area contributed by atoms with Crippen molar-refractivity contribution in [3.63, 3.8) is 0 Å². The van der Waals surface area contributed by atoms with E-state index in [0.29, 0.717) is 25.1 Å². The highest BCUT2D eigenvalue weighted by Gasteiger charge is 2.24. The van der Waals surface area contributed by atoms with E-state index in [2.05, 4.69) is 26.6 Å². The third-order valence-corrected chi connectivity index (χ3v) is 5.50. The van der Waals surface area contributed by atoms with Gasteiger partial charge in [-0.2, -0.15) is 0 Å². The number of hydrogen-bond acceptors (Lipinski definition) is 4. The van der Waals surface area contributed by atoms with Crippen molar-refractivity contribution in [3.8, 4) is 0 Å². The van der Waals surface area contributed by atoms with E-state index in [4.69, 9.17) is 4.74 Å². The quantitative estimate of drug-likeness (QED) is 0.489. The van der Waals surface area contributed by atoms with Crippen LogP contribution in [0.25, 0.3) is 10.9 Å². The van der Waals surface area contributed by atoms with Gasteiger partial charge in [0.1, 0.15) is 11.4 Å². The van der Waals surface area contributed by atoms with Gasteiger partial charge in [0.05, 0.1) is 6.61 Å². The third-order valence-electron chi connectivity index (χ3n) is 5.01. The second-order valence-corrected chi connectivity index (χ2v) is 7.85. The second kappa shape index (κ2) is 9.26. The van der Waals surface area contributed by atoms with Gasteiger partial charge >= 0.3 is 5.97 Å². The number of rotatable bonds is 7. The van der Waals surface area contributed by atoms with Crippen LogP contribution in [0.5, 0.6) is 0 Å². The Kier molecular flexibility index (Phi) is 6.74. The zero-order valence-electron chi connectivity index (χ0n) is 16.5. The number of benzene rings is 1. The monoisotopic (exact) mass is 461 g/mol. The first kappa shape index (κ1) is 21.1. The molecular formula is C21H24BrN3O4. The van der Waals surface area contributed by atoms with Crippen molar-refractivity contribution >= 4 is 44.6 Å². The topological polar surface area (TPSA) is 89.4 Å². The Bertz CT molecular complexity index is 980. The summed E-state index contributed by atoms with van der Waals surface area (Å²) in [4.78, 5) is 36.9. The third kappa shape index (κ3) is 4.87. The van der Waals surface area contributed by atoms with Gasteiger partial charge in [0.2, 0.25) is 5.91 Å². The van der Waals surface area contributed by atoms with Gasteiger partial charge in [-0.25, -0.2) is 4.79 Å². The molecule has 0 aliphatic carbocycles.